The van der Waals surface area contributed by atoms with Crippen LogP contribution in [0.5, 0.6) is 0 Å². The summed E-state index contributed by atoms with van der Waals surface area (Å²) in [5.41, 5.74) is 2.19. The predicted molar refractivity (Wildman–Crippen MR) is 128 cm³/mol. The number of nitrogens with zero attached hydrogens (tertiary/aromatic N) is 2. The lowest BCUT2D eigenvalue weighted by molar-refractivity contribution is -0.384. The van der Waals surface area contributed by atoms with Crippen LogP contribution in [0.25, 0.3) is 17.4 Å². The summed E-state index contributed by atoms with van der Waals surface area (Å²) >= 11 is 6.50. The first-order valence-electron chi connectivity index (χ1n) is 9.49. The van der Waals surface area contributed by atoms with Crippen LogP contribution in [0, 0.1) is 17.0 Å². The number of benzene rings is 2. The van der Waals surface area contributed by atoms with Gasteiger partial charge in [-0.3, -0.25) is 24.6 Å². The van der Waals surface area contributed by atoms with Gasteiger partial charge >= 0.3 is 0 Å². The number of thiocarbonyl (C=S) groups is 1. The number of hydrogen-bond acceptors (Lipinski definition) is 7. The molecular formula is C23H16N2O5S2. The SMILES string of the molecule is CC(=O)c1ccc(N2C(=O)/C(=C\c3ccc(-c4ccc(C)cc4[N+](=O)[O-])o3)SC2=S)cc1. The van der Waals surface area contributed by atoms with Crippen molar-refractivity contribution in [2.45, 2.75) is 13.8 Å². The average molecular weight is 465 g/mol. The normalized spacial score (nSPS) is 14.9. The minimum absolute atomic E-state index is 0.0498. The van der Waals surface area contributed by atoms with Crippen molar-refractivity contribution in [2.24, 2.45) is 0 Å². The number of nitro groups is 1. The number of thioether (sulfide) groups is 1. The molecule has 0 bridgehead atoms. The second-order valence-electron chi connectivity index (χ2n) is 7.10. The van der Waals surface area contributed by atoms with E-state index in [4.69, 9.17) is 16.6 Å². The van der Waals surface area contributed by atoms with E-state index in [-0.39, 0.29) is 17.4 Å². The standard InChI is InChI=1S/C23H16N2O5S2/c1-13-3-9-18(19(11-13)25(28)29)20-10-8-17(30-20)12-21-22(27)24(23(31)32-21)16-6-4-15(5-7-16)14(2)26/h3-12H,1-2H3/b21-12+. The number of hydrogen-bond donors (Lipinski definition) is 0. The molecule has 1 saturated heterocycles. The number of Topliss-reactive ketones (excluding diaryl/α,β-unsaturated/α-hetero) is 1. The Labute approximate surface area is 192 Å². The highest BCUT2D eigenvalue weighted by Crippen LogP contribution is 2.37. The van der Waals surface area contributed by atoms with Crippen LogP contribution in [0.2, 0.25) is 0 Å². The summed E-state index contributed by atoms with van der Waals surface area (Å²) in [4.78, 5) is 37.1. The van der Waals surface area contributed by atoms with E-state index in [0.29, 0.717) is 37.6 Å². The molecule has 0 saturated carbocycles. The topological polar surface area (TPSA) is 93.7 Å². The third-order valence-electron chi connectivity index (χ3n) is 4.84. The molecule has 0 spiro atoms. The van der Waals surface area contributed by atoms with Gasteiger partial charge in [0, 0.05) is 17.7 Å². The first kappa shape index (κ1) is 21.7. The molecule has 1 aromatic heterocycles. The number of carbonyl (C=O) groups excluding carboxylic acids is 2. The molecule has 0 radical (unpaired) electrons. The third-order valence-corrected chi connectivity index (χ3v) is 6.14. The minimum Gasteiger partial charge on any atom is -0.456 e. The Morgan fingerprint density at radius 3 is 2.53 bits per heavy atom. The van der Waals surface area contributed by atoms with E-state index in [2.05, 4.69) is 0 Å². The molecule has 3 aromatic rings. The van der Waals surface area contributed by atoms with Crippen LogP contribution >= 0.6 is 24.0 Å². The number of carbonyl (C=O) groups is 2. The van der Waals surface area contributed by atoms with Crippen molar-refractivity contribution in [2.75, 3.05) is 4.90 Å². The monoisotopic (exact) mass is 464 g/mol. The molecule has 0 atom stereocenters. The number of aryl methyl sites for hydroxylation is 1. The maximum Gasteiger partial charge on any atom is 0.280 e. The van der Waals surface area contributed by atoms with E-state index >= 15 is 0 Å². The van der Waals surface area contributed by atoms with Crippen LogP contribution in [0.4, 0.5) is 11.4 Å². The maximum absolute atomic E-state index is 12.9. The Morgan fingerprint density at radius 1 is 1.16 bits per heavy atom. The number of rotatable bonds is 5. The van der Waals surface area contributed by atoms with Crippen LogP contribution in [0.3, 0.4) is 0 Å². The molecule has 9 heteroatoms. The number of amides is 1. The molecule has 0 unspecified atom stereocenters. The summed E-state index contributed by atoms with van der Waals surface area (Å²) in [5.74, 6) is 0.333. The van der Waals surface area contributed by atoms with Gasteiger partial charge in [-0.1, -0.05) is 30.0 Å². The van der Waals surface area contributed by atoms with Crippen LogP contribution in [-0.4, -0.2) is 20.9 Å². The van der Waals surface area contributed by atoms with Crippen molar-refractivity contribution in [3.63, 3.8) is 0 Å². The van der Waals surface area contributed by atoms with Gasteiger partial charge in [-0.15, -0.1) is 0 Å². The number of anilines is 1. The van der Waals surface area contributed by atoms with Gasteiger partial charge in [-0.25, -0.2) is 0 Å². The van der Waals surface area contributed by atoms with Crippen molar-refractivity contribution < 1.29 is 18.9 Å². The van der Waals surface area contributed by atoms with Gasteiger partial charge in [-0.05, 0) is 61.9 Å². The summed E-state index contributed by atoms with van der Waals surface area (Å²) in [6.07, 6.45) is 1.56. The molecule has 32 heavy (non-hydrogen) atoms. The summed E-state index contributed by atoms with van der Waals surface area (Å²) in [5, 5.41) is 11.4. The van der Waals surface area contributed by atoms with Gasteiger partial charge in [0.25, 0.3) is 11.6 Å². The van der Waals surface area contributed by atoms with Gasteiger partial charge in [0.2, 0.25) is 0 Å². The first-order chi connectivity index (χ1) is 15.2. The van der Waals surface area contributed by atoms with Crippen molar-refractivity contribution in [3.8, 4) is 11.3 Å². The summed E-state index contributed by atoms with van der Waals surface area (Å²) < 4.78 is 6.14. The fraction of sp³-hybridized carbons (Fsp3) is 0.0870. The van der Waals surface area contributed by atoms with E-state index in [1.807, 2.05) is 0 Å². The molecule has 0 aliphatic carbocycles. The van der Waals surface area contributed by atoms with Crippen LogP contribution in [0.1, 0.15) is 28.6 Å². The zero-order valence-corrected chi connectivity index (χ0v) is 18.7. The number of nitro benzene ring substituents is 1. The maximum atomic E-state index is 12.9. The fourth-order valence-corrected chi connectivity index (χ4v) is 4.52. The van der Waals surface area contributed by atoms with E-state index in [9.17, 15) is 19.7 Å². The molecule has 2 aromatic carbocycles. The second kappa shape index (κ2) is 8.52. The molecule has 0 N–H and O–H groups in total. The fourth-order valence-electron chi connectivity index (χ4n) is 3.24. The molecule has 4 rings (SSSR count). The average Bonchev–Trinajstić information content (AvgIpc) is 3.32. The van der Waals surface area contributed by atoms with Crippen LogP contribution in [-0.2, 0) is 4.79 Å². The highest BCUT2D eigenvalue weighted by atomic mass is 32.2. The van der Waals surface area contributed by atoms with Crippen molar-refractivity contribution in [1.29, 1.82) is 0 Å². The van der Waals surface area contributed by atoms with E-state index < -0.39 is 4.92 Å². The Bertz CT molecular complexity index is 1310. The largest absolute Gasteiger partial charge is 0.456 e. The lowest BCUT2D eigenvalue weighted by atomic mass is 10.1. The third kappa shape index (κ3) is 4.12. The molecule has 1 aliphatic heterocycles. The van der Waals surface area contributed by atoms with Gasteiger partial charge in [0.15, 0.2) is 10.1 Å². The minimum atomic E-state index is -0.451. The highest BCUT2D eigenvalue weighted by Gasteiger charge is 2.33. The molecule has 7 nitrogen and oxygen atoms in total. The zero-order chi connectivity index (χ0) is 23.0. The summed E-state index contributed by atoms with van der Waals surface area (Å²) in [7, 11) is 0. The van der Waals surface area contributed by atoms with E-state index in [1.165, 1.54) is 17.9 Å². The van der Waals surface area contributed by atoms with Gasteiger partial charge in [-0.2, -0.15) is 0 Å². The molecule has 2 heterocycles. The molecule has 1 fully saturated rings. The lowest BCUT2D eigenvalue weighted by Crippen LogP contribution is -2.27. The summed E-state index contributed by atoms with van der Waals surface area (Å²) in [6.45, 7) is 3.25. The highest BCUT2D eigenvalue weighted by molar-refractivity contribution is 8.27. The van der Waals surface area contributed by atoms with Crippen molar-refractivity contribution >= 4 is 57.4 Å². The zero-order valence-electron chi connectivity index (χ0n) is 17.0. The quantitative estimate of drug-likeness (QED) is 0.155. The number of furan rings is 1. The Kier molecular flexibility index (Phi) is 5.77. The van der Waals surface area contributed by atoms with Crippen LogP contribution < -0.4 is 4.90 Å². The molecule has 1 amide bonds. The van der Waals surface area contributed by atoms with E-state index in [0.717, 1.165) is 17.3 Å². The Hall–Kier alpha value is -3.56. The van der Waals surface area contributed by atoms with Crippen molar-refractivity contribution in [3.05, 3.63) is 86.5 Å². The van der Waals surface area contributed by atoms with Crippen LogP contribution in [0.15, 0.2) is 63.9 Å². The molecular weight excluding hydrogens is 448 g/mol. The lowest BCUT2D eigenvalue weighted by Gasteiger charge is -2.14. The Morgan fingerprint density at radius 2 is 1.88 bits per heavy atom. The smallest absolute Gasteiger partial charge is 0.280 e. The summed E-state index contributed by atoms with van der Waals surface area (Å²) in [6, 6.07) is 14.8. The van der Waals surface area contributed by atoms with Crippen molar-refractivity contribution in [1.82, 2.24) is 0 Å². The molecule has 160 valence electrons. The van der Waals surface area contributed by atoms with E-state index in [1.54, 1.807) is 61.5 Å². The van der Waals surface area contributed by atoms with Gasteiger partial charge in [0.05, 0.1) is 21.1 Å². The first-order valence-corrected chi connectivity index (χ1v) is 10.7. The second-order valence-corrected chi connectivity index (χ2v) is 8.78. The molecule has 1 aliphatic rings. The predicted octanol–water partition coefficient (Wildman–Crippen LogP) is 5.77. The number of ketones is 1. The van der Waals surface area contributed by atoms with Gasteiger partial charge in [0.1, 0.15) is 11.5 Å². The Balaban J connectivity index is 1.62. The van der Waals surface area contributed by atoms with Gasteiger partial charge < -0.3 is 4.42 Å².